The van der Waals surface area contributed by atoms with Crippen molar-refractivity contribution in [3.8, 4) is 5.75 Å². The van der Waals surface area contributed by atoms with E-state index in [1.165, 1.54) is 19.3 Å². The molecule has 0 saturated heterocycles. The van der Waals surface area contributed by atoms with E-state index >= 15 is 0 Å². The van der Waals surface area contributed by atoms with Crippen molar-refractivity contribution in [1.29, 1.82) is 0 Å². The lowest BCUT2D eigenvalue weighted by atomic mass is 9.48. The Hall–Kier alpha value is -2.10. The summed E-state index contributed by atoms with van der Waals surface area (Å²) in [6.45, 7) is 0. The van der Waals surface area contributed by atoms with Crippen LogP contribution in [0.4, 0.5) is 0 Å². The number of phenols is 1. The first kappa shape index (κ1) is 18.0. The number of hydrogen-bond donors (Lipinski definition) is 2. The van der Waals surface area contributed by atoms with Crippen molar-refractivity contribution in [1.82, 2.24) is 5.32 Å². The lowest BCUT2D eigenvalue weighted by molar-refractivity contribution is -0.122. The molecule has 148 valence electrons. The molecule has 0 aromatic heterocycles. The number of allylic oxidation sites excluding steroid dienone is 1. The molecule has 4 bridgehead atoms. The number of benzene rings is 1. The summed E-state index contributed by atoms with van der Waals surface area (Å²) in [6.07, 6.45) is 14.1. The van der Waals surface area contributed by atoms with Crippen molar-refractivity contribution in [2.75, 3.05) is 0 Å². The highest BCUT2D eigenvalue weighted by atomic mass is 16.3. The van der Waals surface area contributed by atoms with E-state index in [0.29, 0.717) is 11.3 Å². The molecule has 1 aromatic rings. The molecular formula is C24H29NO3. The number of carbonyl (C=O) groups excluding carboxylic acids is 2. The van der Waals surface area contributed by atoms with Crippen molar-refractivity contribution in [3.63, 3.8) is 0 Å². The van der Waals surface area contributed by atoms with E-state index in [-0.39, 0.29) is 23.1 Å². The summed E-state index contributed by atoms with van der Waals surface area (Å²) >= 11 is 0. The van der Waals surface area contributed by atoms with Gasteiger partial charge in [0.1, 0.15) is 5.75 Å². The van der Waals surface area contributed by atoms with Gasteiger partial charge >= 0.3 is 0 Å². The van der Waals surface area contributed by atoms with Crippen LogP contribution in [0, 0.1) is 23.7 Å². The lowest BCUT2D eigenvalue weighted by Gasteiger charge is -2.57. The van der Waals surface area contributed by atoms with E-state index in [4.69, 9.17) is 0 Å². The first-order chi connectivity index (χ1) is 13.5. The maximum atomic E-state index is 12.8. The molecular weight excluding hydrogens is 350 g/mol. The minimum Gasteiger partial charge on any atom is -0.508 e. The third-order valence-electron chi connectivity index (χ3n) is 7.70. The fourth-order valence-electron chi connectivity index (χ4n) is 6.85. The zero-order valence-electron chi connectivity index (χ0n) is 16.3. The maximum Gasteiger partial charge on any atom is 0.257 e. The summed E-state index contributed by atoms with van der Waals surface area (Å²) in [7, 11) is 0. The molecule has 28 heavy (non-hydrogen) atoms. The average Bonchev–Trinajstić information content (AvgIpc) is 2.67. The van der Waals surface area contributed by atoms with Gasteiger partial charge in [-0.2, -0.15) is 0 Å². The Morgan fingerprint density at radius 3 is 2.32 bits per heavy atom. The van der Waals surface area contributed by atoms with Crippen molar-refractivity contribution in [2.24, 2.45) is 23.7 Å². The maximum absolute atomic E-state index is 12.8. The SMILES string of the molecule is O=C(NC(=O)C1C=CCCC1)c1ccc(O)c(C23CC4CC(CC(C4)C2)C3)c1. The van der Waals surface area contributed by atoms with E-state index in [9.17, 15) is 14.7 Å². The van der Waals surface area contributed by atoms with E-state index < -0.39 is 0 Å². The Morgan fingerprint density at radius 2 is 1.71 bits per heavy atom. The first-order valence-electron chi connectivity index (χ1n) is 10.9. The molecule has 5 aliphatic rings. The van der Waals surface area contributed by atoms with Gasteiger partial charge < -0.3 is 5.11 Å². The van der Waals surface area contributed by atoms with Gasteiger partial charge in [0, 0.05) is 11.1 Å². The zero-order chi connectivity index (χ0) is 19.3. The summed E-state index contributed by atoms with van der Waals surface area (Å²) in [5.41, 5.74) is 1.44. The number of nitrogens with one attached hydrogen (secondary N) is 1. The number of imide groups is 1. The summed E-state index contributed by atoms with van der Waals surface area (Å²) in [4.78, 5) is 25.2. The molecule has 4 nitrogen and oxygen atoms in total. The van der Waals surface area contributed by atoms with Crippen LogP contribution in [0.5, 0.6) is 5.75 Å². The highest BCUT2D eigenvalue weighted by molar-refractivity contribution is 6.05. The van der Waals surface area contributed by atoms with Crippen molar-refractivity contribution < 1.29 is 14.7 Å². The largest absolute Gasteiger partial charge is 0.508 e. The molecule has 0 radical (unpaired) electrons. The summed E-state index contributed by atoms with van der Waals surface area (Å²) in [5.74, 6) is 1.83. The molecule has 1 aromatic carbocycles. The number of aromatic hydroxyl groups is 1. The van der Waals surface area contributed by atoms with Gasteiger partial charge in [0.05, 0.1) is 5.92 Å². The molecule has 0 aliphatic heterocycles. The number of rotatable bonds is 3. The predicted octanol–water partition coefficient (Wildman–Crippen LogP) is 4.47. The van der Waals surface area contributed by atoms with Gasteiger partial charge in [-0.15, -0.1) is 0 Å². The second-order valence-corrected chi connectivity index (χ2v) is 9.71. The third kappa shape index (κ3) is 3.07. The van der Waals surface area contributed by atoms with Gasteiger partial charge in [-0.3, -0.25) is 14.9 Å². The molecule has 4 fully saturated rings. The van der Waals surface area contributed by atoms with Crippen LogP contribution in [0.1, 0.15) is 73.7 Å². The van der Waals surface area contributed by atoms with E-state index in [2.05, 4.69) is 5.32 Å². The van der Waals surface area contributed by atoms with Crippen LogP contribution in [0.3, 0.4) is 0 Å². The van der Waals surface area contributed by atoms with Crippen LogP contribution in [0.2, 0.25) is 0 Å². The van der Waals surface area contributed by atoms with Gasteiger partial charge in [0.15, 0.2) is 0 Å². The second kappa shape index (κ2) is 6.75. The highest BCUT2D eigenvalue weighted by Gasteiger charge is 2.52. The fraction of sp³-hybridized carbons (Fsp3) is 0.583. The quantitative estimate of drug-likeness (QED) is 0.601. The molecule has 0 spiro atoms. The van der Waals surface area contributed by atoms with E-state index in [1.54, 1.807) is 12.1 Å². The fourth-order valence-corrected chi connectivity index (χ4v) is 6.85. The Balaban J connectivity index is 1.39. The normalized spacial score (nSPS) is 35.7. The Bertz CT molecular complexity index is 805. The molecule has 0 heterocycles. The summed E-state index contributed by atoms with van der Waals surface area (Å²) in [5, 5.41) is 13.2. The van der Waals surface area contributed by atoms with Crippen LogP contribution in [-0.2, 0) is 10.2 Å². The summed E-state index contributed by atoms with van der Waals surface area (Å²) in [6, 6.07) is 5.15. The molecule has 5 aliphatic carbocycles. The Kier molecular flexibility index (Phi) is 4.33. The predicted molar refractivity (Wildman–Crippen MR) is 107 cm³/mol. The van der Waals surface area contributed by atoms with E-state index in [0.717, 1.165) is 61.8 Å². The molecule has 1 atom stereocenters. The van der Waals surface area contributed by atoms with Crippen molar-refractivity contribution in [3.05, 3.63) is 41.5 Å². The number of carbonyl (C=O) groups is 2. The molecule has 6 rings (SSSR count). The van der Waals surface area contributed by atoms with Gasteiger partial charge in [0.25, 0.3) is 5.91 Å². The van der Waals surface area contributed by atoms with Gasteiger partial charge in [-0.25, -0.2) is 0 Å². The summed E-state index contributed by atoms with van der Waals surface area (Å²) < 4.78 is 0. The first-order valence-corrected chi connectivity index (χ1v) is 10.9. The smallest absolute Gasteiger partial charge is 0.257 e. The minimum atomic E-state index is -0.352. The van der Waals surface area contributed by atoms with Crippen molar-refractivity contribution in [2.45, 2.75) is 63.2 Å². The van der Waals surface area contributed by atoms with Gasteiger partial charge in [0.2, 0.25) is 5.91 Å². The van der Waals surface area contributed by atoms with Crippen LogP contribution in [0.25, 0.3) is 0 Å². The Labute approximate surface area is 166 Å². The van der Waals surface area contributed by atoms with Crippen LogP contribution < -0.4 is 5.32 Å². The van der Waals surface area contributed by atoms with Crippen molar-refractivity contribution >= 4 is 11.8 Å². The van der Waals surface area contributed by atoms with Crippen LogP contribution in [0.15, 0.2) is 30.4 Å². The number of phenolic OH excluding ortho intramolecular Hbond substituents is 1. The standard InChI is InChI=1S/C24H29NO3/c26-21-7-6-19(23(28)25-22(27)18-4-2-1-3-5-18)11-20(21)24-12-15-8-16(13-24)10-17(9-15)14-24/h2,4,6-7,11,15-18,26H,1,3,5,8-10,12-14H2,(H,25,27,28). The van der Waals surface area contributed by atoms with Crippen LogP contribution in [-0.4, -0.2) is 16.9 Å². The zero-order valence-corrected chi connectivity index (χ0v) is 16.3. The Morgan fingerprint density at radius 1 is 1.04 bits per heavy atom. The topological polar surface area (TPSA) is 66.4 Å². The van der Waals surface area contributed by atoms with Crippen LogP contribution >= 0.6 is 0 Å². The highest BCUT2D eigenvalue weighted by Crippen LogP contribution is 2.61. The molecule has 4 saturated carbocycles. The molecule has 2 N–H and O–H groups in total. The molecule has 1 unspecified atom stereocenters. The van der Waals surface area contributed by atoms with Gasteiger partial charge in [-0.1, -0.05) is 12.2 Å². The lowest BCUT2D eigenvalue weighted by Crippen LogP contribution is -2.48. The molecule has 4 heteroatoms. The average molecular weight is 380 g/mol. The molecule has 2 amide bonds. The minimum absolute atomic E-state index is 0.0191. The number of hydrogen-bond acceptors (Lipinski definition) is 3. The number of amides is 2. The van der Waals surface area contributed by atoms with Gasteiger partial charge in [-0.05, 0) is 99.2 Å². The third-order valence-corrected chi connectivity index (χ3v) is 7.70. The van der Waals surface area contributed by atoms with E-state index in [1.807, 2.05) is 18.2 Å². The second-order valence-electron chi connectivity index (χ2n) is 9.71. The monoisotopic (exact) mass is 379 g/mol.